The third kappa shape index (κ3) is 3.88. The SMILES string of the molecule is Cn1ncc2c(Cl)nc(COCCOC(C)(C)C)nc21. The van der Waals surface area contributed by atoms with Gasteiger partial charge in [-0.1, -0.05) is 11.6 Å². The van der Waals surface area contributed by atoms with Crippen LogP contribution in [0.1, 0.15) is 26.6 Å². The van der Waals surface area contributed by atoms with Crippen molar-refractivity contribution in [1.82, 2.24) is 19.7 Å². The Hall–Kier alpha value is -1.24. The fraction of sp³-hybridized carbons (Fsp3) is 0.615. The van der Waals surface area contributed by atoms with Gasteiger partial charge in [-0.2, -0.15) is 5.10 Å². The molecule has 0 unspecified atom stereocenters. The molecule has 0 aliphatic heterocycles. The van der Waals surface area contributed by atoms with Gasteiger partial charge in [0.15, 0.2) is 11.5 Å². The third-order valence-electron chi connectivity index (χ3n) is 2.59. The van der Waals surface area contributed by atoms with Crippen LogP contribution in [0.15, 0.2) is 6.20 Å². The molecule has 0 saturated heterocycles. The zero-order valence-electron chi connectivity index (χ0n) is 12.2. The molecule has 0 atom stereocenters. The third-order valence-corrected chi connectivity index (χ3v) is 2.87. The molecule has 6 nitrogen and oxygen atoms in total. The summed E-state index contributed by atoms with van der Waals surface area (Å²) in [4.78, 5) is 8.58. The predicted molar refractivity (Wildman–Crippen MR) is 76.7 cm³/mol. The topological polar surface area (TPSA) is 62.1 Å². The summed E-state index contributed by atoms with van der Waals surface area (Å²) in [6.45, 7) is 7.34. The maximum absolute atomic E-state index is 6.09. The van der Waals surface area contributed by atoms with Crippen LogP contribution in [0.25, 0.3) is 11.0 Å². The number of ether oxygens (including phenoxy) is 2. The van der Waals surface area contributed by atoms with Gasteiger partial charge in [-0.25, -0.2) is 9.97 Å². The summed E-state index contributed by atoms with van der Waals surface area (Å²) < 4.78 is 12.7. The normalized spacial score (nSPS) is 12.2. The average molecular weight is 299 g/mol. The molecular formula is C13H19ClN4O2. The monoisotopic (exact) mass is 298 g/mol. The summed E-state index contributed by atoms with van der Waals surface area (Å²) in [5.41, 5.74) is 0.547. The fourth-order valence-corrected chi connectivity index (χ4v) is 1.90. The first kappa shape index (κ1) is 15.2. The van der Waals surface area contributed by atoms with Gasteiger partial charge in [-0.3, -0.25) is 4.68 Å². The molecule has 20 heavy (non-hydrogen) atoms. The molecule has 0 saturated carbocycles. The number of aryl methyl sites for hydroxylation is 1. The highest BCUT2D eigenvalue weighted by atomic mass is 35.5. The molecule has 0 aromatic carbocycles. The van der Waals surface area contributed by atoms with Crippen molar-refractivity contribution in [3.8, 4) is 0 Å². The highest BCUT2D eigenvalue weighted by Crippen LogP contribution is 2.19. The Morgan fingerprint density at radius 2 is 2.00 bits per heavy atom. The smallest absolute Gasteiger partial charge is 0.162 e. The summed E-state index contributed by atoms with van der Waals surface area (Å²) in [5, 5.41) is 5.24. The molecule has 110 valence electrons. The van der Waals surface area contributed by atoms with E-state index in [1.807, 2.05) is 27.8 Å². The van der Waals surface area contributed by atoms with Crippen LogP contribution >= 0.6 is 11.6 Å². The number of aromatic nitrogens is 4. The quantitative estimate of drug-likeness (QED) is 0.626. The van der Waals surface area contributed by atoms with Crippen LogP contribution < -0.4 is 0 Å². The van der Waals surface area contributed by atoms with E-state index in [2.05, 4.69) is 15.1 Å². The molecule has 0 amide bonds. The summed E-state index contributed by atoms with van der Waals surface area (Å²) in [6.07, 6.45) is 1.65. The maximum atomic E-state index is 6.09. The highest BCUT2D eigenvalue weighted by molar-refractivity contribution is 6.33. The van der Waals surface area contributed by atoms with Crippen molar-refractivity contribution in [3.63, 3.8) is 0 Å². The van der Waals surface area contributed by atoms with Gasteiger partial charge in [0, 0.05) is 7.05 Å². The summed E-state index contributed by atoms with van der Waals surface area (Å²) in [7, 11) is 1.81. The largest absolute Gasteiger partial charge is 0.373 e. The van der Waals surface area contributed by atoms with Gasteiger partial charge in [-0.05, 0) is 20.8 Å². The number of halogens is 1. The van der Waals surface area contributed by atoms with Gasteiger partial charge < -0.3 is 9.47 Å². The molecule has 0 radical (unpaired) electrons. The predicted octanol–water partition coefficient (Wildman–Crippen LogP) is 2.35. The minimum absolute atomic E-state index is 0.156. The van der Waals surface area contributed by atoms with Gasteiger partial charge in [0.05, 0.1) is 30.4 Å². The molecule has 7 heteroatoms. The Balaban J connectivity index is 1.92. The van der Waals surface area contributed by atoms with E-state index in [9.17, 15) is 0 Å². The van der Waals surface area contributed by atoms with Crippen LogP contribution in [0.2, 0.25) is 5.15 Å². The lowest BCUT2D eigenvalue weighted by Crippen LogP contribution is -2.21. The van der Waals surface area contributed by atoms with E-state index < -0.39 is 0 Å². The van der Waals surface area contributed by atoms with Gasteiger partial charge in [0.2, 0.25) is 0 Å². The number of hydrogen-bond donors (Lipinski definition) is 0. The highest BCUT2D eigenvalue weighted by Gasteiger charge is 2.11. The Labute approximate surface area is 123 Å². The number of fused-ring (bicyclic) bond motifs is 1. The molecule has 2 aromatic rings. The van der Waals surface area contributed by atoms with E-state index in [1.165, 1.54) is 0 Å². The van der Waals surface area contributed by atoms with Crippen LogP contribution in [-0.4, -0.2) is 38.6 Å². The van der Waals surface area contributed by atoms with Crippen LogP contribution in [-0.2, 0) is 23.1 Å². The molecule has 0 fully saturated rings. The van der Waals surface area contributed by atoms with Crippen LogP contribution in [0.5, 0.6) is 0 Å². The first-order valence-electron chi connectivity index (χ1n) is 6.42. The van der Waals surface area contributed by atoms with E-state index in [0.717, 1.165) is 5.39 Å². The molecule has 2 aromatic heterocycles. The average Bonchev–Trinajstić information content (AvgIpc) is 2.70. The Bertz CT molecular complexity index is 592. The minimum atomic E-state index is -0.156. The maximum Gasteiger partial charge on any atom is 0.162 e. The van der Waals surface area contributed by atoms with Crippen molar-refractivity contribution in [2.75, 3.05) is 13.2 Å². The molecule has 0 spiro atoms. The van der Waals surface area contributed by atoms with Gasteiger partial charge in [0.25, 0.3) is 0 Å². The van der Waals surface area contributed by atoms with Gasteiger partial charge >= 0.3 is 0 Å². The first-order chi connectivity index (χ1) is 9.37. The molecule has 0 bridgehead atoms. The van der Waals surface area contributed by atoms with Crippen molar-refractivity contribution in [3.05, 3.63) is 17.2 Å². The van der Waals surface area contributed by atoms with E-state index in [4.69, 9.17) is 21.1 Å². The Kier molecular flexibility index (Phi) is 4.57. The first-order valence-corrected chi connectivity index (χ1v) is 6.80. The van der Waals surface area contributed by atoms with E-state index in [-0.39, 0.29) is 5.60 Å². The van der Waals surface area contributed by atoms with Crippen LogP contribution in [0.4, 0.5) is 0 Å². The van der Waals surface area contributed by atoms with Crippen LogP contribution in [0, 0.1) is 0 Å². The van der Waals surface area contributed by atoms with E-state index in [1.54, 1.807) is 10.9 Å². The number of nitrogens with zero attached hydrogens (tertiary/aromatic N) is 4. The second-order valence-electron chi connectivity index (χ2n) is 5.45. The van der Waals surface area contributed by atoms with Crippen molar-refractivity contribution in [2.45, 2.75) is 33.0 Å². The Morgan fingerprint density at radius 1 is 1.25 bits per heavy atom. The molecule has 0 aliphatic rings. The molecule has 2 heterocycles. The van der Waals surface area contributed by atoms with Gasteiger partial charge in [-0.15, -0.1) is 0 Å². The second-order valence-corrected chi connectivity index (χ2v) is 5.81. The Morgan fingerprint density at radius 3 is 2.70 bits per heavy atom. The lowest BCUT2D eigenvalue weighted by Gasteiger charge is -2.19. The number of rotatable bonds is 5. The summed E-state index contributed by atoms with van der Waals surface area (Å²) in [6, 6.07) is 0. The fourth-order valence-electron chi connectivity index (χ4n) is 1.66. The van der Waals surface area contributed by atoms with Crippen molar-refractivity contribution < 1.29 is 9.47 Å². The molecular weight excluding hydrogens is 280 g/mol. The molecule has 2 rings (SSSR count). The summed E-state index contributed by atoms with van der Waals surface area (Å²) in [5.74, 6) is 0.543. The van der Waals surface area contributed by atoms with Gasteiger partial charge in [0.1, 0.15) is 11.8 Å². The summed E-state index contributed by atoms with van der Waals surface area (Å²) >= 11 is 6.09. The van der Waals surface area contributed by atoms with Crippen molar-refractivity contribution in [2.24, 2.45) is 7.05 Å². The molecule has 0 aliphatic carbocycles. The van der Waals surface area contributed by atoms with Crippen molar-refractivity contribution >= 4 is 22.6 Å². The zero-order chi connectivity index (χ0) is 14.8. The minimum Gasteiger partial charge on any atom is -0.373 e. The van der Waals surface area contributed by atoms with Crippen LogP contribution in [0.3, 0.4) is 0 Å². The zero-order valence-corrected chi connectivity index (χ0v) is 12.9. The van der Waals surface area contributed by atoms with E-state index >= 15 is 0 Å². The molecule has 0 N–H and O–H groups in total. The lowest BCUT2D eigenvalue weighted by atomic mass is 10.2. The standard InChI is InChI=1S/C13H19ClN4O2/c1-13(2,3)20-6-5-19-8-10-16-11(14)9-7-15-18(4)12(9)17-10/h7H,5-6,8H2,1-4H3. The van der Waals surface area contributed by atoms with E-state index in [0.29, 0.717) is 36.4 Å². The second kappa shape index (κ2) is 6.03. The lowest BCUT2D eigenvalue weighted by molar-refractivity contribution is -0.0384. The number of hydrogen-bond acceptors (Lipinski definition) is 5. The van der Waals surface area contributed by atoms with Crippen molar-refractivity contribution in [1.29, 1.82) is 0 Å².